The Bertz CT molecular complexity index is 1380. The summed E-state index contributed by atoms with van der Waals surface area (Å²) in [5.74, 6) is 0.356. The molecule has 35 heavy (non-hydrogen) atoms. The molecule has 3 aromatic rings. The fourth-order valence-corrected chi connectivity index (χ4v) is 4.01. The molecule has 9 heteroatoms. The molecule has 0 spiro atoms. The second-order valence-electron chi connectivity index (χ2n) is 7.90. The van der Waals surface area contributed by atoms with Gasteiger partial charge >= 0.3 is 5.97 Å². The summed E-state index contributed by atoms with van der Waals surface area (Å²) in [5, 5.41) is 11.2. The number of carbonyl (C=O) groups is 1. The third kappa shape index (κ3) is 5.41. The minimum atomic E-state index is -0.655. The number of aryl methyl sites for hydroxylation is 2. The minimum absolute atomic E-state index is 0.00781. The average Bonchev–Trinajstić information content (AvgIpc) is 3.19. The Labute approximate surface area is 210 Å². The summed E-state index contributed by atoms with van der Waals surface area (Å²) in [6.07, 6.45) is 1.55. The predicted octanol–water partition coefficient (Wildman–Crippen LogP) is 5.91. The van der Waals surface area contributed by atoms with Crippen molar-refractivity contribution < 1.29 is 23.9 Å². The number of ether oxygens (including phenoxy) is 3. The molecular weight excluding hydrogens is 516 g/mol. The normalized spacial score (nSPS) is 14.0. The highest BCUT2D eigenvalue weighted by molar-refractivity contribution is 9.10. The number of hydrogen-bond acceptors (Lipinski definition) is 7. The first-order chi connectivity index (χ1) is 16.7. The molecule has 178 valence electrons. The lowest BCUT2D eigenvalue weighted by Gasteiger charge is -2.14. The molecule has 0 radical (unpaired) electrons. The lowest BCUT2D eigenvalue weighted by Crippen LogP contribution is -2.06. The zero-order valence-corrected chi connectivity index (χ0v) is 20.8. The average molecular weight is 537 g/mol. The van der Waals surface area contributed by atoms with Crippen LogP contribution in [0.5, 0.6) is 11.5 Å². The minimum Gasteiger partial charge on any atom is -0.493 e. The van der Waals surface area contributed by atoms with Crippen molar-refractivity contribution in [1.82, 2.24) is 0 Å². The SMILES string of the molecule is COc1cc(/C=C2\N=C(c3ccc(C)c([N+](=O)[O-])c3)OC2=O)cc(Br)c1OCc1ccc(C)cc1. The van der Waals surface area contributed by atoms with Crippen LogP contribution in [0.1, 0.15) is 27.8 Å². The van der Waals surface area contributed by atoms with E-state index in [-0.39, 0.29) is 17.3 Å². The second-order valence-corrected chi connectivity index (χ2v) is 8.76. The van der Waals surface area contributed by atoms with Crippen LogP contribution in [0.25, 0.3) is 6.08 Å². The Balaban J connectivity index is 1.60. The quantitative estimate of drug-likeness (QED) is 0.161. The van der Waals surface area contributed by atoms with E-state index in [1.54, 1.807) is 37.3 Å². The van der Waals surface area contributed by atoms with E-state index in [1.165, 1.54) is 18.7 Å². The van der Waals surface area contributed by atoms with Crippen molar-refractivity contribution in [2.75, 3.05) is 7.11 Å². The third-order valence-electron chi connectivity index (χ3n) is 5.33. The van der Waals surface area contributed by atoms with Gasteiger partial charge in [0.05, 0.1) is 16.5 Å². The maximum absolute atomic E-state index is 12.4. The van der Waals surface area contributed by atoms with Gasteiger partial charge in [-0.1, -0.05) is 35.9 Å². The summed E-state index contributed by atoms with van der Waals surface area (Å²) in [5.41, 5.74) is 3.64. The summed E-state index contributed by atoms with van der Waals surface area (Å²) >= 11 is 3.52. The van der Waals surface area contributed by atoms with Crippen LogP contribution >= 0.6 is 15.9 Å². The summed E-state index contributed by atoms with van der Waals surface area (Å²) in [6.45, 7) is 4.02. The van der Waals surface area contributed by atoms with Gasteiger partial charge in [0.1, 0.15) is 6.61 Å². The molecule has 0 saturated heterocycles. The van der Waals surface area contributed by atoms with Crippen LogP contribution in [0, 0.1) is 24.0 Å². The van der Waals surface area contributed by atoms with E-state index in [0.717, 1.165) is 5.56 Å². The largest absolute Gasteiger partial charge is 0.493 e. The van der Waals surface area contributed by atoms with Crippen molar-refractivity contribution in [3.8, 4) is 11.5 Å². The van der Waals surface area contributed by atoms with Crippen LogP contribution in [0.3, 0.4) is 0 Å². The van der Waals surface area contributed by atoms with E-state index in [0.29, 0.717) is 39.3 Å². The number of hydrogen-bond donors (Lipinski definition) is 0. The van der Waals surface area contributed by atoms with Gasteiger partial charge in [-0.15, -0.1) is 0 Å². The van der Waals surface area contributed by atoms with Crippen molar-refractivity contribution in [2.45, 2.75) is 20.5 Å². The maximum Gasteiger partial charge on any atom is 0.363 e. The molecule has 1 aliphatic rings. The third-order valence-corrected chi connectivity index (χ3v) is 5.92. The van der Waals surface area contributed by atoms with Gasteiger partial charge in [-0.05, 0) is 65.2 Å². The highest BCUT2D eigenvalue weighted by atomic mass is 79.9. The molecule has 0 fully saturated rings. The first-order valence-corrected chi connectivity index (χ1v) is 11.4. The smallest absolute Gasteiger partial charge is 0.363 e. The number of nitro benzene ring substituents is 1. The Hall–Kier alpha value is -3.98. The molecule has 0 aliphatic carbocycles. The van der Waals surface area contributed by atoms with E-state index in [2.05, 4.69) is 20.9 Å². The summed E-state index contributed by atoms with van der Waals surface area (Å²) in [7, 11) is 1.53. The molecule has 0 saturated carbocycles. The number of cyclic esters (lactones) is 1. The van der Waals surface area contributed by atoms with E-state index in [4.69, 9.17) is 14.2 Å². The van der Waals surface area contributed by atoms with Gasteiger partial charge in [0.15, 0.2) is 17.2 Å². The molecule has 0 amide bonds. The number of nitro groups is 1. The van der Waals surface area contributed by atoms with Crippen molar-refractivity contribution in [3.05, 3.63) is 103 Å². The van der Waals surface area contributed by atoms with Crippen molar-refractivity contribution >= 4 is 39.6 Å². The molecule has 1 heterocycles. The zero-order valence-electron chi connectivity index (χ0n) is 19.2. The Morgan fingerprint density at radius 2 is 1.86 bits per heavy atom. The molecule has 0 atom stereocenters. The summed E-state index contributed by atoms with van der Waals surface area (Å²) < 4.78 is 17.4. The number of aliphatic imine (C=N–C) groups is 1. The monoisotopic (exact) mass is 536 g/mol. The van der Waals surface area contributed by atoms with Gasteiger partial charge in [0.25, 0.3) is 5.69 Å². The highest BCUT2D eigenvalue weighted by Gasteiger charge is 2.26. The van der Waals surface area contributed by atoms with E-state index in [9.17, 15) is 14.9 Å². The molecule has 8 nitrogen and oxygen atoms in total. The molecule has 0 bridgehead atoms. The van der Waals surface area contributed by atoms with Crippen LogP contribution in [0.15, 0.2) is 69.8 Å². The maximum atomic E-state index is 12.4. The molecule has 0 N–H and O–H groups in total. The first kappa shape index (κ1) is 24.2. The number of esters is 1. The van der Waals surface area contributed by atoms with Crippen molar-refractivity contribution in [1.29, 1.82) is 0 Å². The molecule has 3 aromatic carbocycles. The molecule has 0 unspecified atom stereocenters. The predicted molar refractivity (Wildman–Crippen MR) is 135 cm³/mol. The number of carbonyl (C=O) groups excluding carboxylic acids is 1. The van der Waals surface area contributed by atoms with Gasteiger partial charge in [0, 0.05) is 17.2 Å². The van der Waals surface area contributed by atoms with Gasteiger partial charge in [-0.2, -0.15) is 0 Å². The van der Waals surface area contributed by atoms with E-state index < -0.39 is 10.9 Å². The molecular formula is C26H21BrN2O6. The number of halogens is 1. The highest BCUT2D eigenvalue weighted by Crippen LogP contribution is 2.38. The number of benzene rings is 3. The second kappa shape index (κ2) is 10.1. The van der Waals surface area contributed by atoms with Gasteiger partial charge in [-0.3, -0.25) is 10.1 Å². The summed E-state index contributed by atoms with van der Waals surface area (Å²) in [6, 6.07) is 16.1. The number of methoxy groups -OCH3 is 1. The zero-order chi connectivity index (χ0) is 25.1. The van der Waals surface area contributed by atoms with Crippen LogP contribution in [0.4, 0.5) is 5.69 Å². The van der Waals surface area contributed by atoms with Crippen molar-refractivity contribution in [3.63, 3.8) is 0 Å². The molecule has 1 aliphatic heterocycles. The summed E-state index contributed by atoms with van der Waals surface area (Å²) in [4.78, 5) is 27.4. The molecule has 0 aromatic heterocycles. The van der Waals surface area contributed by atoms with Gasteiger partial charge in [-0.25, -0.2) is 9.79 Å². The fraction of sp³-hybridized carbons (Fsp3) is 0.154. The first-order valence-electron chi connectivity index (χ1n) is 10.6. The standard InChI is InChI=1S/C26H21BrN2O6/c1-15-4-7-17(8-5-15)14-34-24-20(27)10-18(12-23(24)33-3)11-21-26(30)35-25(28-21)19-9-6-16(2)22(13-19)29(31)32/h4-13H,14H2,1-3H3/b21-11-. The van der Waals surface area contributed by atoms with Crippen molar-refractivity contribution in [2.24, 2.45) is 4.99 Å². The topological polar surface area (TPSA) is 100 Å². The van der Waals surface area contributed by atoms with Crippen LogP contribution < -0.4 is 9.47 Å². The Kier molecular flexibility index (Phi) is 6.97. The van der Waals surface area contributed by atoms with E-state index in [1.807, 2.05) is 31.2 Å². The van der Waals surface area contributed by atoms with Crippen LogP contribution in [-0.2, 0) is 16.1 Å². The lowest BCUT2D eigenvalue weighted by molar-refractivity contribution is -0.385. The number of rotatable bonds is 7. The Morgan fingerprint density at radius 1 is 1.11 bits per heavy atom. The Morgan fingerprint density at radius 3 is 2.54 bits per heavy atom. The van der Waals surface area contributed by atoms with Gasteiger partial charge < -0.3 is 14.2 Å². The fourth-order valence-electron chi connectivity index (χ4n) is 3.43. The van der Waals surface area contributed by atoms with Crippen LogP contribution in [0.2, 0.25) is 0 Å². The van der Waals surface area contributed by atoms with Gasteiger partial charge in [0.2, 0.25) is 5.90 Å². The number of nitrogens with zero attached hydrogens (tertiary/aromatic N) is 2. The molecule has 4 rings (SSSR count). The van der Waals surface area contributed by atoms with E-state index >= 15 is 0 Å². The lowest BCUT2D eigenvalue weighted by atomic mass is 10.1. The van der Waals surface area contributed by atoms with Crippen LogP contribution in [-0.4, -0.2) is 23.9 Å².